The van der Waals surface area contributed by atoms with Gasteiger partial charge in [0.25, 0.3) is 0 Å². The van der Waals surface area contributed by atoms with Gasteiger partial charge < -0.3 is 9.80 Å². The maximum absolute atomic E-state index is 5.05. The van der Waals surface area contributed by atoms with Crippen LogP contribution in [0, 0.1) is 0 Å². The number of thiazole rings is 2. The van der Waals surface area contributed by atoms with Crippen LogP contribution in [-0.2, 0) is 24.9 Å². The van der Waals surface area contributed by atoms with Crippen LogP contribution < -0.4 is 18.9 Å². The van der Waals surface area contributed by atoms with Gasteiger partial charge in [0.1, 0.15) is 23.8 Å². The first-order valence-electron chi connectivity index (χ1n) is 12.4. The molecule has 0 amide bonds. The van der Waals surface area contributed by atoms with E-state index in [1.54, 1.807) is 22.7 Å². The first-order chi connectivity index (χ1) is 19.0. The SMILES string of the molecule is CN(CCCN(C)c1ccc(N=Nc2scc[n+]2C)cc1)c1ccc(N=Nc2scc[n+]2C)cc1.[Cl][Zn-2]([Cl])([Cl])[Cl]. The van der Waals surface area contributed by atoms with Gasteiger partial charge >= 0.3 is 59.8 Å². The van der Waals surface area contributed by atoms with Crippen LogP contribution in [0.5, 0.6) is 0 Å². The summed E-state index contributed by atoms with van der Waals surface area (Å²) >= 11 is 3.14. The Bertz CT molecular complexity index is 1280. The zero-order valence-corrected chi connectivity index (χ0v) is 30.3. The van der Waals surface area contributed by atoms with E-state index in [4.69, 9.17) is 38.8 Å². The van der Waals surface area contributed by atoms with Crippen molar-refractivity contribution in [1.29, 1.82) is 0 Å². The van der Waals surface area contributed by atoms with Gasteiger partial charge in [-0.3, -0.25) is 0 Å². The molecule has 0 radical (unpaired) electrons. The van der Waals surface area contributed by atoms with Crippen LogP contribution in [0.4, 0.5) is 33.0 Å². The fourth-order valence-corrected chi connectivity index (χ4v) is 4.76. The summed E-state index contributed by atoms with van der Waals surface area (Å²) in [6, 6.07) is 16.4. The Morgan fingerprint density at radius 2 is 1.00 bits per heavy atom. The second kappa shape index (κ2) is 16.1. The number of anilines is 2. The first-order valence-corrected chi connectivity index (χ1v) is 29.7. The Balaban J connectivity index is 0.000000810. The van der Waals surface area contributed by atoms with E-state index in [1.165, 1.54) is 11.4 Å². The monoisotopic (exact) mass is 710 g/mol. The van der Waals surface area contributed by atoms with Crippen LogP contribution in [0.2, 0.25) is 0 Å². The van der Waals surface area contributed by atoms with Gasteiger partial charge in [0.05, 0.1) is 24.3 Å². The molecule has 0 atom stereocenters. The molecule has 0 aliphatic rings. The minimum absolute atomic E-state index is 0.850. The zero-order chi connectivity index (χ0) is 29.1. The molecule has 8 nitrogen and oxygen atoms in total. The van der Waals surface area contributed by atoms with Crippen LogP contribution >= 0.6 is 61.4 Å². The van der Waals surface area contributed by atoms with Gasteiger partial charge in [0.2, 0.25) is 0 Å². The quantitative estimate of drug-likeness (QED) is 0.0936. The molecule has 2 heterocycles. The molecule has 0 fully saturated rings. The molecule has 2 aromatic carbocycles. The summed E-state index contributed by atoms with van der Waals surface area (Å²) in [5.74, 6) is 0. The summed E-state index contributed by atoms with van der Waals surface area (Å²) in [6.07, 6.45) is 4.99. The van der Waals surface area contributed by atoms with Gasteiger partial charge in [-0.1, -0.05) is 0 Å². The zero-order valence-electron chi connectivity index (χ0n) is 22.7. The van der Waals surface area contributed by atoms with Crippen LogP contribution in [0.15, 0.2) is 92.1 Å². The van der Waals surface area contributed by atoms with Crippen LogP contribution in [0.1, 0.15) is 6.42 Å². The van der Waals surface area contributed by atoms with Gasteiger partial charge in [-0.2, -0.15) is 0 Å². The molecule has 0 spiro atoms. The van der Waals surface area contributed by atoms with Crippen molar-refractivity contribution in [3.8, 4) is 0 Å². The van der Waals surface area contributed by atoms with Crippen LogP contribution in [-0.4, -0.2) is 27.2 Å². The molecule has 0 saturated heterocycles. The summed E-state index contributed by atoms with van der Waals surface area (Å²) in [7, 11) is 25.0. The van der Waals surface area contributed by atoms with E-state index in [9.17, 15) is 0 Å². The Hall–Kier alpha value is -1.72. The van der Waals surface area contributed by atoms with Crippen molar-refractivity contribution in [2.75, 3.05) is 37.0 Å². The summed E-state index contributed by atoms with van der Waals surface area (Å²) in [5.41, 5.74) is 4.04. The Morgan fingerprint density at radius 1 is 0.650 bits per heavy atom. The number of aromatic nitrogens is 2. The molecule has 4 rings (SSSR count). The average Bonchev–Trinajstić information content (AvgIpc) is 3.52. The third kappa shape index (κ3) is 11.6. The minimum atomic E-state index is -3.36. The Labute approximate surface area is 262 Å². The molecule has 0 unspecified atom stereocenters. The second-order valence-electron chi connectivity index (χ2n) is 8.83. The summed E-state index contributed by atoms with van der Waals surface area (Å²) in [4.78, 5) is 4.53. The van der Waals surface area contributed by atoms with E-state index in [-0.39, 0.29) is 0 Å². The number of nitrogens with zero attached hydrogens (tertiary/aromatic N) is 8. The molecule has 0 saturated carbocycles. The fraction of sp³-hybridized carbons (Fsp3) is 0.280. The third-order valence-electron chi connectivity index (χ3n) is 5.59. The van der Waals surface area contributed by atoms with Crippen molar-refractivity contribution in [3.63, 3.8) is 0 Å². The molecule has 15 heteroatoms. The number of hydrogen-bond donors (Lipinski definition) is 0. The molecule has 212 valence electrons. The standard InChI is InChI=1S/C25H30N8S2.4ClH.Zn/c1-30(22-10-6-20(7-11-22)26-28-24-32(3)16-18-34-24)14-5-15-31(2)23-12-8-21(9-13-23)27-29-25-33(4)17-19-35-25;;;;;/h6-13,16-19H,5,14-15H2,1-4H3;4*1H;/q+2;;;;;+2/p-4. The van der Waals surface area contributed by atoms with Crippen LogP contribution in [0.25, 0.3) is 0 Å². The van der Waals surface area contributed by atoms with Gasteiger partial charge in [0, 0.05) is 49.3 Å². The van der Waals surface area contributed by atoms with Crippen molar-refractivity contribution in [3.05, 3.63) is 71.7 Å². The molecule has 4 aromatic rings. The average molecular weight is 714 g/mol. The van der Waals surface area contributed by atoms with E-state index in [0.29, 0.717) is 0 Å². The number of halogens is 4. The Morgan fingerprint density at radius 3 is 1.30 bits per heavy atom. The number of rotatable bonds is 10. The number of hydrogen-bond acceptors (Lipinski definition) is 8. The topological polar surface area (TPSA) is 63.7 Å². The molecule has 40 heavy (non-hydrogen) atoms. The van der Waals surface area contributed by atoms with Gasteiger partial charge in [-0.05, 0) is 87.9 Å². The Kier molecular flexibility index (Phi) is 13.2. The summed E-state index contributed by atoms with van der Waals surface area (Å²) in [6.45, 7) is 1.92. The fourth-order valence-electron chi connectivity index (χ4n) is 3.40. The first kappa shape index (κ1) is 32.8. The molecule has 0 bridgehead atoms. The van der Waals surface area contributed by atoms with E-state index < -0.39 is 10.8 Å². The van der Waals surface area contributed by atoms with Crippen molar-refractivity contribution in [2.45, 2.75) is 6.42 Å². The van der Waals surface area contributed by atoms with Crippen LogP contribution in [0.3, 0.4) is 0 Å². The number of azo groups is 2. The van der Waals surface area contributed by atoms with E-state index in [2.05, 4.69) is 68.6 Å². The second-order valence-corrected chi connectivity index (χ2v) is 38.3. The number of aryl methyl sites for hydroxylation is 2. The normalized spacial score (nSPS) is 11.6. The molecule has 0 aliphatic carbocycles. The van der Waals surface area contributed by atoms with E-state index in [0.717, 1.165) is 41.1 Å². The van der Waals surface area contributed by atoms with Gasteiger partial charge in [0.15, 0.2) is 0 Å². The van der Waals surface area contributed by atoms with E-state index in [1.807, 2.05) is 70.6 Å². The number of benzene rings is 2. The van der Waals surface area contributed by atoms with Gasteiger partial charge in [-0.15, -0.1) is 0 Å². The molecular formula is C25H30Cl4N8S2Zn. The molecule has 2 aromatic heterocycles. The van der Waals surface area contributed by atoms with Gasteiger partial charge in [-0.25, -0.2) is 9.13 Å². The predicted octanol–water partition coefficient (Wildman–Crippen LogP) is 9.01. The summed E-state index contributed by atoms with van der Waals surface area (Å²) < 4.78 is 3.92. The molecule has 0 N–H and O–H groups in total. The maximum atomic E-state index is 5.05. The molecule has 0 aliphatic heterocycles. The summed E-state index contributed by atoms with van der Waals surface area (Å²) in [5, 5.41) is 23.1. The third-order valence-corrected chi connectivity index (χ3v) is 7.27. The predicted molar refractivity (Wildman–Crippen MR) is 167 cm³/mol. The van der Waals surface area contributed by atoms with E-state index >= 15 is 0 Å². The molecular weight excluding hydrogens is 684 g/mol. The van der Waals surface area contributed by atoms with Crippen molar-refractivity contribution < 1.29 is 19.9 Å². The van der Waals surface area contributed by atoms with Crippen molar-refractivity contribution in [2.24, 2.45) is 34.6 Å². The van der Waals surface area contributed by atoms with Crippen molar-refractivity contribution >= 4 is 94.5 Å². The van der Waals surface area contributed by atoms with Crippen molar-refractivity contribution in [1.82, 2.24) is 0 Å².